The van der Waals surface area contributed by atoms with Crippen LogP contribution in [-0.2, 0) is 14.8 Å². The fourth-order valence-electron chi connectivity index (χ4n) is 3.93. The Labute approximate surface area is 184 Å². The summed E-state index contributed by atoms with van der Waals surface area (Å²) in [6.45, 7) is -0.353. The molecular weight excluding hydrogens is 432 g/mol. The van der Waals surface area contributed by atoms with E-state index in [1.165, 1.54) is 0 Å². The fraction of sp³-hybridized carbons (Fsp3) is 0.0417. The molecule has 5 rings (SSSR count). The Bertz CT molecular complexity index is 1450. The normalized spacial score (nSPS) is 14.0. The topological polar surface area (TPSA) is 66.5 Å². The molecule has 1 N–H and O–H groups in total. The summed E-state index contributed by atoms with van der Waals surface area (Å²) >= 11 is 6.18. The van der Waals surface area contributed by atoms with Gasteiger partial charge in [0.15, 0.2) is 0 Å². The predicted octanol–water partition coefficient (Wildman–Crippen LogP) is 5.31. The molecule has 0 bridgehead atoms. The molecule has 7 heteroatoms. The van der Waals surface area contributed by atoms with Crippen molar-refractivity contribution in [3.8, 4) is 11.1 Å². The van der Waals surface area contributed by atoms with E-state index < -0.39 is 15.9 Å². The van der Waals surface area contributed by atoms with Gasteiger partial charge in [0, 0.05) is 27.2 Å². The molecule has 1 aliphatic rings. The molecule has 0 aliphatic carbocycles. The number of fused-ring (bicyclic) bond motifs is 4. The van der Waals surface area contributed by atoms with Gasteiger partial charge in [-0.25, -0.2) is 8.42 Å². The Morgan fingerprint density at radius 1 is 0.871 bits per heavy atom. The zero-order valence-corrected chi connectivity index (χ0v) is 17.8. The van der Waals surface area contributed by atoms with Gasteiger partial charge in [0.1, 0.15) is 6.54 Å². The lowest BCUT2D eigenvalue weighted by atomic mass is 10.0. The van der Waals surface area contributed by atoms with Gasteiger partial charge in [-0.2, -0.15) is 0 Å². The van der Waals surface area contributed by atoms with Crippen LogP contribution in [0.15, 0.2) is 89.8 Å². The number of carbonyl (C=O) groups is 1. The molecule has 0 saturated heterocycles. The van der Waals surface area contributed by atoms with E-state index in [-0.39, 0.29) is 11.4 Å². The third-order valence-corrected chi connectivity index (χ3v) is 7.38. The Morgan fingerprint density at radius 3 is 2.48 bits per heavy atom. The second kappa shape index (κ2) is 7.41. The average Bonchev–Trinajstić information content (AvgIpc) is 2.77. The molecule has 1 amide bonds. The second-order valence-corrected chi connectivity index (χ2v) is 9.51. The quantitative estimate of drug-likeness (QED) is 0.462. The van der Waals surface area contributed by atoms with Crippen molar-refractivity contribution in [2.75, 3.05) is 16.2 Å². The molecule has 0 saturated carbocycles. The molecule has 0 atom stereocenters. The molecule has 1 aliphatic heterocycles. The molecule has 31 heavy (non-hydrogen) atoms. The first-order valence-electron chi connectivity index (χ1n) is 9.64. The standard InChI is InChI=1S/C24H17ClN2O3S/c25-17-12-13-22-20(14-17)19-9-3-4-11-23(19)31(29,30)27(22)15-24(28)26-21-10-5-7-16-6-1-2-8-18(16)21/h1-14H,15H2,(H,26,28). The van der Waals surface area contributed by atoms with E-state index >= 15 is 0 Å². The van der Waals surface area contributed by atoms with Gasteiger partial charge >= 0.3 is 0 Å². The number of benzene rings is 4. The minimum absolute atomic E-state index is 0.155. The van der Waals surface area contributed by atoms with Gasteiger partial charge in [0.25, 0.3) is 10.0 Å². The average molecular weight is 449 g/mol. The molecule has 0 spiro atoms. The highest BCUT2D eigenvalue weighted by molar-refractivity contribution is 7.93. The number of sulfonamides is 1. The van der Waals surface area contributed by atoms with Gasteiger partial charge in [-0.1, -0.05) is 66.2 Å². The van der Waals surface area contributed by atoms with Gasteiger partial charge in [0.2, 0.25) is 5.91 Å². The van der Waals surface area contributed by atoms with E-state index in [4.69, 9.17) is 11.6 Å². The van der Waals surface area contributed by atoms with Crippen LogP contribution in [0.3, 0.4) is 0 Å². The van der Waals surface area contributed by atoms with Crippen LogP contribution >= 0.6 is 11.6 Å². The summed E-state index contributed by atoms with van der Waals surface area (Å²) in [5, 5.41) is 5.23. The molecule has 0 fully saturated rings. The van der Waals surface area contributed by atoms with Crippen molar-refractivity contribution < 1.29 is 13.2 Å². The highest BCUT2D eigenvalue weighted by Crippen LogP contribution is 2.43. The van der Waals surface area contributed by atoms with Crippen molar-refractivity contribution in [2.24, 2.45) is 0 Å². The van der Waals surface area contributed by atoms with Crippen LogP contribution in [0.2, 0.25) is 5.02 Å². The summed E-state index contributed by atoms with van der Waals surface area (Å²) in [5.41, 5.74) is 2.31. The maximum absolute atomic E-state index is 13.4. The van der Waals surface area contributed by atoms with Gasteiger partial charge in [0.05, 0.1) is 10.6 Å². The summed E-state index contributed by atoms with van der Waals surface area (Å²) in [5.74, 6) is -0.430. The van der Waals surface area contributed by atoms with Crippen molar-refractivity contribution in [1.29, 1.82) is 0 Å². The van der Waals surface area contributed by atoms with Crippen LogP contribution in [0.4, 0.5) is 11.4 Å². The Balaban J connectivity index is 1.54. The zero-order valence-electron chi connectivity index (χ0n) is 16.2. The first-order chi connectivity index (χ1) is 14.9. The van der Waals surface area contributed by atoms with E-state index in [1.54, 1.807) is 48.5 Å². The van der Waals surface area contributed by atoms with E-state index in [1.807, 2.05) is 36.4 Å². The molecule has 0 unspecified atom stereocenters. The number of nitrogens with zero attached hydrogens (tertiary/aromatic N) is 1. The minimum atomic E-state index is -3.91. The van der Waals surface area contributed by atoms with Gasteiger partial charge in [-0.05, 0) is 35.7 Å². The number of halogens is 1. The van der Waals surface area contributed by atoms with Gasteiger partial charge in [-0.3, -0.25) is 9.10 Å². The molecule has 5 nitrogen and oxygen atoms in total. The Hall–Kier alpha value is -3.35. The van der Waals surface area contributed by atoms with E-state index in [0.29, 0.717) is 27.5 Å². The molecule has 154 valence electrons. The van der Waals surface area contributed by atoms with Crippen LogP contribution in [0, 0.1) is 0 Å². The highest BCUT2D eigenvalue weighted by Gasteiger charge is 2.36. The smallest absolute Gasteiger partial charge is 0.265 e. The predicted molar refractivity (Wildman–Crippen MR) is 124 cm³/mol. The second-order valence-electron chi connectivity index (χ2n) is 7.24. The SMILES string of the molecule is O=C(CN1c2ccc(Cl)cc2-c2ccccc2S1(=O)=O)Nc1cccc2ccccc12. The molecule has 0 radical (unpaired) electrons. The fourth-order valence-corrected chi connectivity index (χ4v) is 5.75. The summed E-state index contributed by atoms with van der Waals surface area (Å²) in [6.07, 6.45) is 0. The lowest BCUT2D eigenvalue weighted by Gasteiger charge is -2.31. The Kier molecular flexibility index (Phi) is 4.68. The van der Waals surface area contributed by atoms with Crippen molar-refractivity contribution in [3.05, 3.63) is 90.0 Å². The third kappa shape index (κ3) is 3.34. The summed E-state index contributed by atoms with van der Waals surface area (Å²) in [6, 6.07) is 25.0. The molecule has 4 aromatic carbocycles. The van der Waals surface area contributed by atoms with Crippen molar-refractivity contribution in [1.82, 2.24) is 0 Å². The lowest BCUT2D eigenvalue weighted by Crippen LogP contribution is -2.40. The number of carbonyl (C=O) groups excluding carboxylic acids is 1. The molecule has 1 heterocycles. The van der Waals surface area contributed by atoms with Crippen molar-refractivity contribution in [2.45, 2.75) is 4.90 Å². The first-order valence-corrected chi connectivity index (χ1v) is 11.5. The maximum atomic E-state index is 13.4. The van der Waals surface area contributed by atoms with E-state index in [2.05, 4.69) is 5.32 Å². The largest absolute Gasteiger partial charge is 0.324 e. The van der Waals surface area contributed by atoms with Gasteiger partial charge in [-0.15, -0.1) is 0 Å². The van der Waals surface area contributed by atoms with Gasteiger partial charge < -0.3 is 5.32 Å². The van der Waals surface area contributed by atoms with E-state index in [0.717, 1.165) is 15.1 Å². The van der Waals surface area contributed by atoms with Crippen LogP contribution in [-0.4, -0.2) is 20.9 Å². The van der Waals surface area contributed by atoms with Crippen LogP contribution in [0.25, 0.3) is 21.9 Å². The Morgan fingerprint density at radius 2 is 1.61 bits per heavy atom. The lowest BCUT2D eigenvalue weighted by molar-refractivity contribution is -0.114. The third-order valence-electron chi connectivity index (χ3n) is 5.32. The number of nitrogens with one attached hydrogen (secondary N) is 1. The molecular formula is C24H17ClN2O3S. The summed E-state index contributed by atoms with van der Waals surface area (Å²) in [4.78, 5) is 13.1. The first kappa shape index (κ1) is 19.6. The number of hydrogen-bond donors (Lipinski definition) is 1. The number of amides is 1. The number of hydrogen-bond acceptors (Lipinski definition) is 3. The monoisotopic (exact) mass is 448 g/mol. The summed E-state index contributed by atoms with van der Waals surface area (Å²) in [7, 11) is -3.91. The number of rotatable bonds is 3. The van der Waals surface area contributed by atoms with Crippen LogP contribution < -0.4 is 9.62 Å². The van der Waals surface area contributed by atoms with Crippen LogP contribution in [0.1, 0.15) is 0 Å². The molecule has 4 aromatic rings. The highest BCUT2D eigenvalue weighted by atomic mass is 35.5. The summed E-state index contributed by atoms with van der Waals surface area (Å²) < 4.78 is 27.9. The van der Waals surface area contributed by atoms with Crippen LogP contribution in [0.5, 0.6) is 0 Å². The number of anilines is 2. The molecule has 0 aromatic heterocycles. The maximum Gasteiger partial charge on any atom is 0.265 e. The van der Waals surface area contributed by atoms with E-state index in [9.17, 15) is 13.2 Å². The zero-order chi connectivity index (χ0) is 21.6. The van der Waals surface area contributed by atoms with Crippen molar-refractivity contribution >= 4 is 49.7 Å². The minimum Gasteiger partial charge on any atom is -0.324 e. The van der Waals surface area contributed by atoms with Crippen molar-refractivity contribution in [3.63, 3.8) is 0 Å².